The van der Waals surface area contributed by atoms with E-state index in [1.807, 2.05) is 6.92 Å². The molecule has 0 aliphatic rings. The Morgan fingerprint density at radius 2 is 2.00 bits per heavy atom. The number of halogens is 1. The smallest absolute Gasteiger partial charge is 0.351 e. The molecular weight excluding hydrogens is 336 g/mol. The van der Waals surface area contributed by atoms with E-state index < -0.39 is 18.0 Å². The van der Waals surface area contributed by atoms with Crippen molar-refractivity contribution in [1.82, 2.24) is 4.98 Å². The zero-order valence-electron chi connectivity index (χ0n) is 13.3. The number of hydrogen-bond donors (Lipinski definition) is 1. The Morgan fingerprint density at radius 3 is 2.61 bits per heavy atom. The second-order valence-corrected chi connectivity index (χ2v) is 6.71. The van der Waals surface area contributed by atoms with Gasteiger partial charge in [-0.15, -0.1) is 11.3 Å². The van der Waals surface area contributed by atoms with E-state index in [0.29, 0.717) is 21.3 Å². The molecule has 1 N–H and O–H groups in total. The van der Waals surface area contributed by atoms with Crippen LogP contribution in [-0.4, -0.2) is 23.0 Å². The molecule has 0 saturated heterocycles. The van der Waals surface area contributed by atoms with E-state index in [1.165, 1.54) is 18.3 Å². The van der Waals surface area contributed by atoms with E-state index in [-0.39, 0.29) is 0 Å². The van der Waals surface area contributed by atoms with Gasteiger partial charge in [-0.05, 0) is 45.4 Å². The number of rotatable bonds is 4. The normalized spacial score (nSPS) is 11.9. The van der Waals surface area contributed by atoms with Crippen LogP contribution in [0, 0.1) is 20.8 Å². The summed E-state index contributed by atoms with van der Waals surface area (Å²) in [6.07, 6.45) is -0.928. The summed E-state index contributed by atoms with van der Waals surface area (Å²) in [5.41, 5.74) is 1.96. The Morgan fingerprint density at radius 1 is 1.30 bits per heavy atom. The fourth-order valence-electron chi connectivity index (χ4n) is 1.97. The number of benzene rings is 1. The molecular formula is C16H17ClN2O3S. The van der Waals surface area contributed by atoms with Crippen LogP contribution in [0.25, 0.3) is 0 Å². The van der Waals surface area contributed by atoms with Crippen LogP contribution in [-0.2, 0) is 9.53 Å². The van der Waals surface area contributed by atoms with Crippen LogP contribution in [0.5, 0.6) is 0 Å². The van der Waals surface area contributed by atoms with Crippen molar-refractivity contribution in [3.8, 4) is 0 Å². The molecule has 1 aromatic carbocycles. The van der Waals surface area contributed by atoms with Gasteiger partial charge in [0, 0.05) is 10.7 Å². The van der Waals surface area contributed by atoms with Crippen LogP contribution < -0.4 is 5.32 Å². The van der Waals surface area contributed by atoms with Crippen molar-refractivity contribution in [2.75, 3.05) is 5.32 Å². The molecule has 7 heteroatoms. The summed E-state index contributed by atoms with van der Waals surface area (Å²) in [7, 11) is 0. The summed E-state index contributed by atoms with van der Waals surface area (Å²) in [6, 6.07) is 5.22. The van der Waals surface area contributed by atoms with Gasteiger partial charge in [-0.1, -0.05) is 17.7 Å². The van der Waals surface area contributed by atoms with Gasteiger partial charge in [-0.2, -0.15) is 0 Å². The SMILES string of the molecule is Cc1nc(C)c(C(=O)O[C@H](C)C(=O)Nc2cccc(Cl)c2C)s1. The van der Waals surface area contributed by atoms with E-state index >= 15 is 0 Å². The average molecular weight is 353 g/mol. The van der Waals surface area contributed by atoms with Crippen molar-refractivity contribution >= 4 is 40.5 Å². The third kappa shape index (κ3) is 4.09. The number of nitrogens with zero attached hydrogens (tertiary/aromatic N) is 1. The summed E-state index contributed by atoms with van der Waals surface area (Å²) in [6.45, 7) is 6.88. The highest BCUT2D eigenvalue weighted by Gasteiger charge is 2.22. The molecule has 23 heavy (non-hydrogen) atoms. The standard InChI is InChI=1S/C16H17ClN2O3S/c1-8-12(17)6-5-7-13(8)19-15(20)10(3)22-16(21)14-9(2)18-11(4)23-14/h5-7,10H,1-4H3,(H,19,20)/t10-/m1/s1. The molecule has 0 spiro atoms. The number of carbonyl (C=O) groups is 2. The molecule has 1 amide bonds. The van der Waals surface area contributed by atoms with Gasteiger partial charge >= 0.3 is 5.97 Å². The Balaban J connectivity index is 2.04. The van der Waals surface area contributed by atoms with Crippen LogP contribution in [0.3, 0.4) is 0 Å². The molecule has 0 bridgehead atoms. The number of aromatic nitrogens is 1. The van der Waals surface area contributed by atoms with Crippen LogP contribution in [0.1, 0.15) is 32.9 Å². The summed E-state index contributed by atoms with van der Waals surface area (Å²) in [5.74, 6) is -0.957. The molecule has 1 aromatic heterocycles. The van der Waals surface area contributed by atoms with E-state index in [1.54, 1.807) is 32.0 Å². The number of esters is 1. The predicted molar refractivity (Wildman–Crippen MR) is 91.3 cm³/mol. The highest BCUT2D eigenvalue weighted by molar-refractivity contribution is 7.13. The number of thiazole rings is 1. The summed E-state index contributed by atoms with van der Waals surface area (Å²) in [4.78, 5) is 28.9. The lowest BCUT2D eigenvalue weighted by Crippen LogP contribution is -2.30. The van der Waals surface area contributed by atoms with Crippen LogP contribution in [0.4, 0.5) is 5.69 Å². The molecule has 2 rings (SSSR count). The predicted octanol–water partition coefficient (Wildman–Crippen LogP) is 3.91. The van der Waals surface area contributed by atoms with E-state index in [4.69, 9.17) is 16.3 Å². The van der Waals surface area contributed by atoms with Crippen LogP contribution in [0.2, 0.25) is 5.02 Å². The monoisotopic (exact) mass is 352 g/mol. The maximum atomic E-state index is 12.2. The molecule has 0 radical (unpaired) electrons. The van der Waals surface area contributed by atoms with E-state index in [2.05, 4.69) is 10.3 Å². The first-order valence-electron chi connectivity index (χ1n) is 7.00. The topological polar surface area (TPSA) is 68.3 Å². The van der Waals surface area contributed by atoms with Crippen molar-refractivity contribution in [2.45, 2.75) is 33.8 Å². The highest BCUT2D eigenvalue weighted by atomic mass is 35.5. The van der Waals surface area contributed by atoms with Crippen molar-refractivity contribution in [1.29, 1.82) is 0 Å². The third-order valence-electron chi connectivity index (χ3n) is 3.27. The Hall–Kier alpha value is -1.92. The average Bonchev–Trinajstić information content (AvgIpc) is 2.82. The molecule has 2 aromatic rings. The quantitative estimate of drug-likeness (QED) is 0.847. The first-order chi connectivity index (χ1) is 10.8. The van der Waals surface area contributed by atoms with Gasteiger partial charge in [0.2, 0.25) is 0 Å². The number of aryl methyl sites for hydroxylation is 2. The number of nitrogens with one attached hydrogen (secondary N) is 1. The lowest BCUT2D eigenvalue weighted by atomic mass is 10.2. The second-order valence-electron chi connectivity index (χ2n) is 5.10. The molecule has 5 nitrogen and oxygen atoms in total. The van der Waals surface area contributed by atoms with Crippen LogP contribution >= 0.6 is 22.9 Å². The van der Waals surface area contributed by atoms with Gasteiger partial charge in [0.05, 0.1) is 10.7 Å². The summed E-state index contributed by atoms with van der Waals surface area (Å²) >= 11 is 7.27. The van der Waals surface area contributed by atoms with Crippen molar-refractivity contribution in [2.24, 2.45) is 0 Å². The molecule has 0 aliphatic heterocycles. The molecule has 0 saturated carbocycles. The minimum Gasteiger partial charge on any atom is -0.448 e. The number of amides is 1. The van der Waals surface area contributed by atoms with Gasteiger partial charge in [0.1, 0.15) is 4.88 Å². The number of ether oxygens (including phenoxy) is 1. The van der Waals surface area contributed by atoms with Gasteiger partial charge in [0.15, 0.2) is 6.10 Å². The summed E-state index contributed by atoms with van der Waals surface area (Å²) < 4.78 is 5.22. The molecule has 0 fully saturated rings. The number of carbonyl (C=O) groups excluding carboxylic acids is 2. The van der Waals surface area contributed by atoms with Crippen molar-refractivity contribution < 1.29 is 14.3 Å². The molecule has 1 heterocycles. The zero-order chi connectivity index (χ0) is 17.1. The molecule has 0 unspecified atom stereocenters. The molecule has 122 valence electrons. The minimum absolute atomic E-state index is 0.414. The Labute approximate surface area is 143 Å². The van der Waals surface area contributed by atoms with Crippen molar-refractivity contribution in [3.63, 3.8) is 0 Å². The Kier molecular flexibility index (Phi) is 5.38. The fraction of sp³-hybridized carbons (Fsp3) is 0.312. The number of hydrogen-bond acceptors (Lipinski definition) is 5. The van der Waals surface area contributed by atoms with E-state index in [9.17, 15) is 9.59 Å². The summed E-state index contributed by atoms with van der Waals surface area (Å²) in [5, 5.41) is 4.05. The molecule has 0 aliphatic carbocycles. The first kappa shape index (κ1) is 17.4. The first-order valence-corrected chi connectivity index (χ1v) is 8.20. The number of anilines is 1. The second kappa shape index (κ2) is 7.10. The highest BCUT2D eigenvalue weighted by Crippen LogP contribution is 2.23. The molecule has 1 atom stereocenters. The van der Waals surface area contributed by atoms with Gasteiger partial charge in [-0.25, -0.2) is 9.78 Å². The fourth-order valence-corrected chi connectivity index (χ4v) is 2.94. The van der Waals surface area contributed by atoms with Gasteiger partial charge < -0.3 is 10.1 Å². The lowest BCUT2D eigenvalue weighted by Gasteiger charge is -2.14. The lowest BCUT2D eigenvalue weighted by molar-refractivity contribution is -0.123. The van der Waals surface area contributed by atoms with Gasteiger partial charge in [0.25, 0.3) is 5.91 Å². The zero-order valence-corrected chi connectivity index (χ0v) is 14.8. The van der Waals surface area contributed by atoms with Gasteiger partial charge in [-0.3, -0.25) is 4.79 Å². The van der Waals surface area contributed by atoms with E-state index in [0.717, 1.165) is 10.6 Å². The Bertz CT molecular complexity index is 758. The maximum Gasteiger partial charge on any atom is 0.351 e. The van der Waals surface area contributed by atoms with Crippen LogP contribution in [0.15, 0.2) is 18.2 Å². The maximum absolute atomic E-state index is 12.2. The third-order valence-corrected chi connectivity index (χ3v) is 4.73. The van der Waals surface area contributed by atoms with Crippen molar-refractivity contribution in [3.05, 3.63) is 44.4 Å². The minimum atomic E-state index is -0.928. The largest absolute Gasteiger partial charge is 0.448 e.